The zero-order valence-electron chi connectivity index (χ0n) is 21.7. The van der Waals surface area contributed by atoms with Crippen molar-refractivity contribution in [1.29, 1.82) is 0 Å². The summed E-state index contributed by atoms with van der Waals surface area (Å²) in [6.45, 7) is 1.70. The molecule has 1 fully saturated rings. The first kappa shape index (κ1) is 32.0. The van der Waals surface area contributed by atoms with Gasteiger partial charge in [-0.1, -0.05) is 34.8 Å². The van der Waals surface area contributed by atoms with Crippen molar-refractivity contribution in [3.8, 4) is 0 Å². The Hall–Kier alpha value is -1.47. The number of aromatic nitrogens is 1. The van der Waals surface area contributed by atoms with Crippen LogP contribution < -0.4 is 4.90 Å². The molecule has 2 aromatic rings. The normalized spacial score (nSPS) is 16.1. The molecule has 1 unspecified atom stereocenters. The zero-order chi connectivity index (χ0) is 29.1. The third-order valence-corrected chi connectivity index (χ3v) is 8.37. The molecule has 1 N–H and O–H groups in total. The van der Waals surface area contributed by atoms with Crippen LogP contribution in [0.25, 0.3) is 0 Å². The van der Waals surface area contributed by atoms with Crippen molar-refractivity contribution in [2.45, 2.75) is 35.2 Å². The van der Waals surface area contributed by atoms with Gasteiger partial charge in [-0.15, -0.1) is 0 Å². The molecule has 0 radical (unpaired) electrons. The van der Waals surface area contributed by atoms with E-state index in [0.29, 0.717) is 23.7 Å². The molecule has 0 bridgehead atoms. The average Bonchev–Trinajstić information content (AvgIpc) is 2.86. The number of amides is 2. The molecule has 1 aliphatic heterocycles. The first-order valence-electron chi connectivity index (χ1n) is 12.3. The molecule has 1 aromatic carbocycles. The lowest BCUT2D eigenvalue weighted by atomic mass is 9.91. The Kier molecular flexibility index (Phi) is 10.7. The number of rotatable bonds is 9. The molecule has 2 heterocycles. The summed E-state index contributed by atoms with van der Waals surface area (Å²) in [7, 11) is 4.70. The van der Waals surface area contributed by atoms with E-state index in [2.05, 4.69) is 9.88 Å². The lowest BCUT2D eigenvalue weighted by Gasteiger charge is -2.35. The van der Waals surface area contributed by atoms with E-state index in [4.69, 9.17) is 34.8 Å². The maximum Gasteiger partial charge on any atom is 0.337 e. The number of anilines is 1. The van der Waals surface area contributed by atoms with Gasteiger partial charge >= 0.3 is 3.93 Å². The highest BCUT2D eigenvalue weighted by molar-refractivity contribution is 14.1. The largest absolute Gasteiger partial charge is 0.370 e. The van der Waals surface area contributed by atoms with E-state index in [1.807, 2.05) is 0 Å². The summed E-state index contributed by atoms with van der Waals surface area (Å²) in [5.41, 5.74) is -3.13. The number of piperidine rings is 1. The summed E-state index contributed by atoms with van der Waals surface area (Å²) in [5, 5.41) is 11.2. The summed E-state index contributed by atoms with van der Waals surface area (Å²) < 4.78 is 25.4. The van der Waals surface area contributed by atoms with Gasteiger partial charge in [-0.2, -0.15) is 8.78 Å². The van der Waals surface area contributed by atoms with Crippen LogP contribution in [-0.2, 0) is 10.4 Å². The Bertz CT molecular complexity index is 1190. The van der Waals surface area contributed by atoms with Crippen molar-refractivity contribution in [2.75, 3.05) is 45.7 Å². The minimum atomic E-state index is -3.81. The molecule has 0 spiro atoms. The number of alkyl halides is 3. The molecule has 3 rings (SSSR count). The zero-order valence-corrected chi connectivity index (χ0v) is 26.2. The van der Waals surface area contributed by atoms with Crippen LogP contribution in [0, 0.1) is 5.92 Å². The van der Waals surface area contributed by atoms with Gasteiger partial charge in [0.05, 0.1) is 5.56 Å². The fourth-order valence-electron chi connectivity index (χ4n) is 4.62. The third kappa shape index (κ3) is 7.44. The van der Waals surface area contributed by atoms with Crippen LogP contribution in [0.2, 0.25) is 15.2 Å². The molecule has 7 nitrogen and oxygen atoms in total. The minimum absolute atomic E-state index is 0.0360. The van der Waals surface area contributed by atoms with Crippen LogP contribution in [0.5, 0.6) is 0 Å². The molecule has 0 saturated carbocycles. The van der Waals surface area contributed by atoms with Gasteiger partial charge < -0.3 is 19.8 Å². The molecular weight excluding hydrogens is 688 g/mol. The molecular formula is C26H30Cl3F2IN4O3. The molecule has 13 heteroatoms. The SMILES string of the molecule is CN(C)C(=O)c1ccc(N2CCC(CCCN(C)C(=O)C(O)(c3cc(Cl)cc(Cl)c3)C(F)(F)I)CC2)nc1Cl. The van der Waals surface area contributed by atoms with E-state index < -0.39 is 15.4 Å². The average molecular weight is 718 g/mol. The van der Waals surface area contributed by atoms with Crippen molar-refractivity contribution < 1.29 is 23.5 Å². The number of carbonyl (C=O) groups is 2. The van der Waals surface area contributed by atoms with Crippen LogP contribution >= 0.6 is 57.4 Å². The van der Waals surface area contributed by atoms with Gasteiger partial charge in [0.15, 0.2) is 0 Å². The fraction of sp³-hybridized carbons (Fsp3) is 0.500. The van der Waals surface area contributed by atoms with Gasteiger partial charge in [0.25, 0.3) is 11.8 Å². The number of halogens is 6. The van der Waals surface area contributed by atoms with Crippen LogP contribution in [-0.4, -0.2) is 76.4 Å². The third-order valence-electron chi connectivity index (χ3n) is 6.86. The Morgan fingerprint density at radius 1 is 1.10 bits per heavy atom. The van der Waals surface area contributed by atoms with E-state index in [-0.39, 0.29) is 33.2 Å². The highest BCUT2D eigenvalue weighted by Gasteiger charge is 2.59. The highest BCUT2D eigenvalue weighted by atomic mass is 127. The standard InChI is InChI=1S/C26H30Cl3F2IN4O3/c1-34(2)23(37)20-6-7-21(33-22(20)29)36-11-8-16(9-12-36)5-4-10-35(3)24(38)25(39,26(30,31)32)17-13-18(27)15-19(28)14-17/h6-7,13-16,39H,4-5,8-12H2,1-3H3. The molecule has 214 valence electrons. The van der Waals surface area contributed by atoms with Gasteiger partial charge in [0.2, 0.25) is 5.60 Å². The number of benzene rings is 1. The van der Waals surface area contributed by atoms with Gasteiger partial charge in [-0.3, -0.25) is 9.59 Å². The molecule has 1 aromatic heterocycles. The predicted octanol–water partition coefficient (Wildman–Crippen LogP) is 6.11. The second kappa shape index (κ2) is 13.0. The van der Waals surface area contributed by atoms with Gasteiger partial charge in [-0.25, -0.2) is 4.98 Å². The number of nitrogens with zero attached hydrogens (tertiary/aromatic N) is 4. The van der Waals surface area contributed by atoms with E-state index in [1.54, 1.807) is 26.2 Å². The summed E-state index contributed by atoms with van der Waals surface area (Å²) >= 11 is 18.9. The number of carbonyl (C=O) groups excluding carboxylic acids is 2. The van der Waals surface area contributed by atoms with Crippen LogP contribution in [0.15, 0.2) is 30.3 Å². The monoisotopic (exact) mass is 716 g/mol. The molecule has 0 aliphatic carbocycles. The molecule has 2 amide bonds. The Labute approximate surface area is 255 Å². The number of hydrogen-bond acceptors (Lipinski definition) is 5. The lowest BCUT2D eigenvalue weighted by Crippen LogP contribution is -2.54. The second-order valence-corrected chi connectivity index (χ2v) is 12.5. The van der Waals surface area contributed by atoms with Gasteiger partial charge in [0.1, 0.15) is 11.0 Å². The second-order valence-electron chi connectivity index (χ2n) is 9.87. The molecule has 1 atom stereocenters. The number of pyridine rings is 1. The number of hydrogen-bond donors (Lipinski definition) is 1. The topological polar surface area (TPSA) is 77.0 Å². The quantitative estimate of drug-likeness (QED) is 0.193. The molecule has 1 aliphatic rings. The predicted molar refractivity (Wildman–Crippen MR) is 158 cm³/mol. The first-order chi connectivity index (χ1) is 18.1. The first-order valence-corrected chi connectivity index (χ1v) is 14.5. The van der Waals surface area contributed by atoms with Crippen LogP contribution in [0.1, 0.15) is 41.6 Å². The van der Waals surface area contributed by atoms with Crippen molar-refractivity contribution in [3.63, 3.8) is 0 Å². The van der Waals surface area contributed by atoms with Crippen molar-refractivity contribution in [1.82, 2.24) is 14.8 Å². The molecule has 1 saturated heterocycles. The van der Waals surface area contributed by atoms with Crippen molar-refractivity contribution in [3.05, 3.63) is 56.7 Å². The lowest BCUT2D eigenvalue weighted by molar-refractivity contribution is -0.173. The Morgan fingerprint density at radius 2 is 1.69 bits per heavy atom. The van der Waals surface area contributed by atoms with Crippen molar-refractivity contribution >= 4 is 75.0 Å². The van der Waals surface area contributed by atoms with Gasteiger partial charge in [-0.05, 0) is 61.9 Å². The van der Waals surface area contributed by atoms with Crippen LogP contribution in [0.4, 0.5) is 14.6 Å². The summed E-state index contributed by atoms with van der Waals surface area (Å²) in [6, 6.07) is 7.05. The highest BCUT2D eigenvalue weighted by Crippen LogP contribution is 2.45. The van der Waals surface area contributed by atoms with Gasteiger partial charge in [0, 0.05) is 79.0 Å². The maximum atomic E-state index is 14.6. The fourth-order valence-corrected chi connectivity index (χ4v) is 5.92. The smallest absolute Gasteiger partial charge is 0.337 e. The van der Waals surface area contributed by atoms with E-state index in [1.165, 1.54) is 18.0 Å². The Morgan fingerprint density at radius 3 is 2.21 bits per heavy atom. The minimum Gasteiger partial charge on any atom is -0.370 e. The Balaban J connectivity index is 1.56. The van der Waals surface area contributed by atoms with Crippen molar-refractivity contribution in [2.24, 2.45) is 5.92 Å². The van der Waals surface area contributed by atoms with E-state index in [9.17, 15) is 23.5 Å². The van der Waals surface area contributed by atoms with E-state index in [0.717, 1.165) is 72.0 Å². The van der Waals surface area contributed by atoms with E-state index >= 15 is 0 Å². The van der Waals surface area contributed by atoms with Crippen LogP contribution in [0.3, 0.4) is 0 Å². The summed E-state index contributed by atoms with van der Waals surface area (Å²) in [6.07, 6.45) is 3.13. The number of likely N-dealkylation sites (N-methyl/N-ethyl adjacent to an activating group) is 1. The summed E-state index contributed by atoms with van der Waals surface area (Å²) in [5.74, 6) is -0.252. The maximum absolute atomic E-state index is 14.6. The number of aliphatic hydroxyl groups is 1. The molecule has 39 heavy (non-hydrogen) atoms. The summed E-state index contributed by atoms with van der Waals surface area (Å²) in [4.78, 5) is 34.4.